The van der Waals surface area contributed by atoms with Crippen molar-refractivity contribution in [2.45, 2.75) is 32.2 Å². The highest BCUT2D eigenvalue weighted by Crippen LogP contribution is 2.03. The first kappa shape index (κ1) is 15.2. The maximum absolute atomic E-state index is 12.7. The van der Waals surface area contributed by atoms with Crippen LogP contribution in [0.4, 0.5) is 4.39 Å². The summed E-state index contributed by atoms with van der Waals surface area (Å²) >= 11 is 0. The van der Waals surface area contributed by atoms with Gasteiger partial charge in [0.1, 0.15) is 5.82 Å². The van der Waals surface area contributed by atoms with E-state index in [0.29, 0.717) is 13.0 Å². The Morgan fingerprint density at radius 2 is 2.00 bits per heavy atom. The second-order valence-corrected chi connectivity index (χ2v) is 5.01. The number of aromatic nitrogens is 2. The highest BCUT2D eigenvalue weighted by atomic mass is 19.1. The summed E-state index contributed by atoms with van der Waals surface area (Å²) in [5.41, 5.74) is 0.828. The molecule has 0 radical (unpaired) electrons. The number of amides is 1. The Hall–Kier alpha value is -2.17. The second-order valence-electron chi connectivity index (χ2n) is 5.01. The summed E-state index contributed by atoms with van der Waals surface area (Å²) in [6.07, 6.45) is 8.93. The van der Waals surface area contributed by atoms with Crippen molar-refractivity contribution in [1.82, 2.24) is 14.9 Å². The van der Waals surface area contributed by atoms with Crippen LogP contribution in [0.2, 0.25) is 0 Å². The van der Waals surface area contributed by atoms with Gasteiger partial charge >= 0.3 is 0 Å². The number of hydrogen-bond acceptors (Lipinski definition) is 2. The zero-order chi connectivity index (χ0) is 14.9. The molecular formula is C16H20FN3O. The summed E-state index contributed by atoms with van der Waals surface area (Å²) < 4.78 is 14.8. The van der Waals surface area contributed by atoms with Gasteiger partial charge in [-0.15, -0.1) is 0 Å². The van der Waals surface area contributed by atoms with Gasteiger partial charge in [-0.25, -0.2) is 9.37 Å². The molecule has 112 valence electrons. The average Bonchev–Trinajstić information content (AvgIpc) is 2.98. The van der Waals surface area contributed by atoms with E-state index in [-0.39, 0.29) is 11.7 Å². The van der Waals surface area contributed by atoms with Gasteiger partial charge in [0.2, 0.25) is 5.91 Å². The molecule has 0 saturated heterocycles. The van der Waals surface area contributed by atoms with Gasteiger partial charge in [0.25, 0.3) is 0 Å². The summed E-state index contributed by atoms with van der Waals surface area (Å²) in [7, 11) is 0. The number of imidazole rings is 1. The highest BCUT2D eigenvalue weighted by Gasteiger charge is 2.02. The van der Waals surface area contributed by atoms with Gasteiger partial charge in [-0.2, -0.15) is 0 Å². The molecule has 1 aromatic carbocycles. The molecule has 0 bridgehead atoms. The number of nitrogens with zero attached hydrogens (tertiary/aromatic N) is 2. The molecule has 0 saturated carbocycles. The molecular weight excluding hydrogens is 269 g/mol. The van der Waals surface area contributed by atoms with E-state index in [4.69, 9.17) is 0 Å². The Kier molecular flexibility index (Phi) is 5.94. The van der Waals surface area contributed by atoms with E-state index >= 15 is 0 Å². The SMILES string of the molecule is O=C(Cc1ccc(F)cc1)NCCCCCn1ccnc1. The summed E-state index contributed by atoms with van der Waals surface area (Å²) in [4.78, 5) is 15.7. The predicted octanol–water partition coefficient (Wildman–Crippen LogP) is 2.55. The van der Waals surface area contributed by atoms with E-state index in [9.17, 15) is 9.18 Å². The van der Waals surface area contributed by atoms with Crippen LogP contribution in [0, 0.1) is 5.82 Å². The first-order chi connectivity index (χ1) is 10.2. The number of nitrogens with one attached hydrogen (secondary N) is 1. The quantitative estimate of drug-likeness (QED) is 0.759. The fraction of sp³-hybridized carbons (Fsp3) is 0.375. The fourth-order valence-electron chi connectivity index (χ4n) is 2.09. The summed E-state index contributed by atoms with van der Waals surface area (Å²) in [6.45, 7) is 1.65. The lowest BCUT2D eigenvalue weighted by atomic mass is 10.1. The number of aryl methyl sites for hydroxylation is 1. The summed E-state index contributed by atoms with van der Waals surface area (Å²) in [5.74, 6) is -0.298. The van der Waals surface area contributed by atoms with Crippen molar-refractivity contribution < 1.29 is 9.18 Å². The molecule has 1 amide bonds. The van der Waals surface area contributed by atoms with Crippen molar-refractivity contribution in [3.8, 4) is 0 Å². The second kappa shape index (κ2) is 8.19. The van der Waals surface area contributed by atoms with Gasteiger partial charge in [0.05, 0.1) is 12.7 Å². The van der Waals surface area contributed by atoms with Crippen LogP contribution in [-0.2, 0) is 17.8 Å². The number of rotatable bonds is 8. The molecule has 0 aliphatic rings. The van der Waals surface area contributed by atoms with Crippen LogP contribution < -0.4 is 5.32 Å². The predicted molar refractivity (Wildman–Crippen MR) is 79.2 cm³/mol. The highest BCUT2D eigenvalue weighted by molar-refractivity contribution is 5.78. The maximum atomic E-state index is 12.7. The Morgan fingerprint density at radius 1 is 1.19 bits per heavy atom. The van der Waals surface area contributed by atoms with E-state index in [0.717, 1.165) is 31.4 Å². The molecule has 0 unspecified atom stereocenters. The summed E-state index contributed by atoms with van der Waals surface area (Å²) in [6, 6.07) is 6.03. The van der Waals surface area contributed by atoms with Crippen molar-refractivity contribution in [3.63, 3.8) is 0 Å². The molecule has 2 rings (SSSR count). The van der Waals surface area contributed by atoms with Crippen LogP contribution >= 0.6 is 0 Å². The molecule has 5 heteroatoms. The third-order valence-electron chi connectivity index (χ3n) is 3.25. The Morgan fingerprint density at radius 3 is 2.71 bits per heavy atom. The molecule has 1 N–H and O–H groups in total. The monoisotopic (exact) mass is 289 g/mol. The molecule has 0 aliphatic carbocycles. The maximum Gasteiger partial charge on any atom is 0.224 e. The Bertz CT molecular complexity index is 537. The minimum atomic E-state index is -0.281. The van der Waals surface area contributed by atoms with Crippen LogP contribution in [0.15, 0.2) is 43.0 Å². The van der Waals surface area contributed by atoms with Gasteiger partial charge in [-0.1, -0.05) is 12.1 Å². The molecule has 0 fully saturated rings. The number of hydrogen-bond donors (Lipinski definition) is 1. The molecule has 1 aromatic heterocycles. The zero-order valence-corrected chi connectivity index (χ0v) is 12.0. The third-order valence-corrected chi connectivity index (χ3v) is 3.25. The van der Waals surface area contributed by atoms with Crippen LogP contribution in [0.25, 0.3) is 0 Å². The van der Waals surface area contributed by atoms with Crippen molar-refractivity contribution in [1.29, 1.82) is 0 Å². The summed E-state index contributed by atoms with van der Waals surface area (Å²) in [5, 5.41) is 2.89. The van der Waals surface area contributed by atoms with Gasteiger partial charge in [0.15, 0.2) is 0 Å². The normalized spacial score (nSPS) is 10.5. The van der Waals surface area contributed by atoms with E-state index in [1.165, 1.54) is 12.1 Å². The number of unbranched alkanes of at least 4 members (excludes halogenated alkanes) is 2. The lowest BCUT2D eigenvalue weighted by molar-refractivity contribution is -0.120. The molecule has 4 nitrogen and oxygen atoms in total. The van der Waals surface area contributed by atoms with E-state index in [1.54, 1.807) is 18.3 Å². The molecule has 0 aliphatic heterocycles. The Balaban J connectivity index is 1.54. The molecule has 0 spiro atoms. The lowest BCUT2D eigenvalue weighted by Gasteiger charge is -2.06. The largest absolute Gasteiger partial charge is 0.356 e. The van der Waals surface area contributed by atoms with Gasteiger partial charge in [0, 0.05) is 25.5 Å². The molecule has 0 atom stereocenters. The number of benzene rings is 1. The number of carbonyl (C=O) groups is 1. The van der Waals surface area contributed by atoms with Crippen molar-refractivity contribution >= 4 is 5.91 Å². The molecule has 2 aromatic rings. The number of carbonyl (C=O) groups excluding carboxylic acids is 1. The number of halogens is 1. The first-order valence-electron chi connectivity index (χ1n) is 7.21. The smallest absolute Gasteiger partial charge is 0.224 e. The van der Waals surface area contributed by atoms with Gasteiger partial charge in [-0.05, 0) is 37.0 Å². The standard InChI is InChI=1S/C16H20FN3O/c17-15-6-4-14(5-7-15)12-16(21)19-8-2-1-3-10-20-11-9-18-13-20/h4-7,9,11,13H,1-3,8,10,12H2,(H,19,21). The lowest BCUT2D eigenvalue weighted by Crippen LogP contribution is -2.26. The van der Waals surface area contributed by atoms with Gasteiger partial charge in [-0.3, -0.25) is 4.79 Å². The minimum absolute atomic E-state index is 0.0174. The average molecular weight is 289 g/mol. The molecule has 21 heavy (non-hydrogen) atoms. The van der Waals surface area contributed by atoms with Crippen LogP contribution in [0.5, 0.6) is 0 Å². The van der Waals surface area contributed by atoms with Crippen molar-refractivity contribution in [3.05, 3.63) is 54.4 Å². The Labute approximate surface area is 124 Å². The van der Waals surface area contributed by atoms with E-state index in [1.807, 2.05) is 17.1 Å². The van der Waals surface area contributed by atoms with E-state index < -0.39 is 0 Å². The van der Waals surface area contributed by atoms with Crippen molar-refractivity contribution in [2.75, 3.05) is 6.54 Å². The third kappa shape index (κ3) is 5.77. The van der Waals surface area contributed by atoms with Crippen LogP contribution in [0.3, 0.4) is 0 Å². The van der Waals surface area contributed by atoms with Crippen LogP contribution in [-0.4, -0.2) is 22.0 Å². The topological polar surface area (TPSA) is 46.9 Å². The van der Waals surface area contributed by atoms with Crippen LogP contribution in [0.1, 0.15) is 24.8 Å². The van der Waals surface area contributed by atoms with E-state index in [2.05, 4.69) is 10.3 Å². The minimum Gasteiger partial charge on any atom is -0.356 e. The van der Waals surface area contributed by atoms with Crippen molar-refractivity contribution in [2.24, 2.45) is 0 Å². The molecule has 1 heterocycles. The zero-order valence-electron chi connectivity index (χ0n) is 12.0. The van der Waals surface area contributed by atoms with Gasteiger partial charge < -0.3 is 9.88 Å². The first-order valence-corrected chi connectivity index (χ1v) is 7.21. The fourth-order valence-corrected chi connectivity index (χ4v) is 2.09.